The van der Waals surface area contributed by atoms with Gasteiger partial charge in [-0.05, 0) is 44.1 Å². The number of H-pyrrole nitrogens is 1. The van der Waals surface area contributed by atoms with Crippen LogP contribution in [-0.4, -0.2) is 29.1 Å². The van der Waals surface area contributed by atoms with Crippen LogP contribution in [0.4, 0.5) is 0 Å². The molecule has 3 N–H and O–H groups in total. The number of rotatable bonds is 3. The topological polar surface area (TPSA) is 83.0 Å². The van der Waals surface area contributed by atoms with Gasteiger partial charge in [0.15, 0.2) is 0 Å². The molecule has 0 spiro atoms. The Bertz CT molecular complexity index is 911. The molecule has 4 rings (SSSR count). The van der Waals surface area contributed by atoms with Crippen LogP contribution < -0.4 is 16.2 Å². The van der Waals surface area contributed by atoms with E-state index in [1.54, 1.807) is 0 Å². The first-order valence-electron chi connectivity index (χ1n) is 7.76. The summed E-state index contributed by atoms with van der Waals surface area (Å²) in [5.41, 5.74) is 1.34. The predicted octanol–water partition coefficient (Wildman–Crippen LogP) is 2.27. The molecule has 1 aliphatic rings. The van der Waals surface area contributed by atoms with Crippen LogP contribution in [0.3, 0.4) is 0 Å². The van der Waals surface area contributed by atoms with Gasteiger partial charge >= 0.3 is 0 Å². The predicted molar refractivity (Wildman–Crippen MR) is 92.6 cm³/mol. The van der Waals surface area contributed by atoms with Gasteiger partial charge in [-0.2, -0.15) is 0 Å². The maximum Gasteiger partial charge on any atom is 0.294 e. The summed E-state index contributed by atoms with van der Waals surface area (Å²) in [6.45, 7) is 2.61. The van der Waals surface area contributed by atoms with Crippen molar-refractivity contribution in [2.75, 3.05) is 13.1 Å². The molecule has 0 radical (unpaired) electrons. The molecule has 1 aromatic carbocycles. The van der Waals surface area contributed by atoms with Crippen LogP contribution in [-0.2, 0) is 6.54 Å². The highest BCUT2D eigenvalue weighted by Crippen LogP contribution is 2.27. The van der Waals surface area contributed by atoms with E-state index in [1.165, 1.54) is 0 Å². The third-order valence-electron chi connectivity index (χ3n) is 4.23. The number of halogens is 1. The van der Waals surface area contributed by atoms with E-state index >= 15 is 0 Å². The van der Waals surface area contributed by atoms with Crippen molar-refractivity contribution >= 4 is 38.0 Å². The van der Waals surface area contributed by atoms with E-state index in [2.05, 4.69) is 36.5 Å². The SMILES string of the molecule is O=c1[nH]c(CNC2CCNCC2)nc2c1oc1ccc(Br)cc12. The van der Waals surface area contributed by atoms with Crippen LogP contribution >= 0.6 is 15.9 Å². The number of piperidine rings is 1. The fourth-order valence-electron chi connectivity index (χ4n) is 3.02. The summed E-state index contributed by atoms with van der Waals surface area (Å²) in [5.74, 6) is 0.642. The van der Waals surface area contributed by atoms with E-state index in [0.717, 1.165) is 35.8 Å². The van der Waals surface area contributed by atoms with Gasteiger partial charge in [0, 0.05) is 15.9 Å². The first-order chi connectivity index (χ1) is 11.2. The molecular formula is C16H17BrN4O2. The molecule has 23 heavy (non-hydrogen) atoms. The number of benzene rings is 1. The van der Waals surface area contributed by atoms with Gasteiger partial charge in [-0.15, -0.1) is 0 Å². The minimum atomic E-state index is -0.232. The van der Waals surface area contributed by atoms with Gasteiger partial charge in [0.25, 0.3) is 5.56 Å². The second kappa shape index (κ2) is 6.07. The number of furan rings is 1. The second-order valence-electron chi connectivity index (χ2n) is 5.84. The maximum absolute atomic E-state index is 12.3. The summed E-state index contributed by atoms with van der Waals surface area (Å²) in [6.07, 6.45) is 2.18. The molecule has 0 amide bonds. The number of aromatic nitrogens is 2. The molecule has 1 saturated heterocycles. The van der Waals surface area contributed by atoms with Crippen LogP contribution in [0, 0.1) is 0 Å². The lowest BCUT2D eigenvalue weighted by Crippen LogP contribution is -2.40. The average molecular weight is 377 g/mol. The summed E-state index contributed by atoms with van der Waals surface area (Å²) in [7, 11) is 0. The van der Waals surface area contributed by atoms with Gasteiger partial charge in [0.1, 0.15) is 16.9 Å². The molecule has 0 saturated carbocycles. The number of fused-ring (bicyclic) bond motifs is 3. The second-order valence-corrected chi connectivity index (χ2v) is 6.75. The average Bonchev–Trinajstić information content (AvgIpc) is 2.93. The zero-order valence-corrected chi connectivity index (χ0v) is 14.1. The molecule has 7 heteroatoms. The molecule has 1 fully saturated rings. The van der Waals surface area contributed by atoms with E-state index in [9.17, 15) is 4.79 Å². The van der Waals surface area contributed by atoms with Crippen LogP contribution in [0.25, 0.3) is 22.1 Å². The van der Waals surface area contributed by atoms with Crippen molar-refractivity contribution in [2.45, 2.75) is 25.4 Å². The highest BCUT2D eigenvalue weighted by atomic mass is 79.9. The summed E-state index contributed by atoms with van der Waals surface area (Å²) in [5, 5.41) is 7.66. The molecule has 3 heterocycles. The minimum Gasteiger partial charge on any atom is -0.449 e. The highest BCUT2D eigenvalue weighted by molar-refractivity contribution is 9.10. The lowest BCUT2D eigenvalue weighted by atomic mass is 10.1. The summed E-state index contributed by atoms with van der Waals surface area (Å²) < 4.78 is 6.57. The van der Waals surface area contributed by atoms with E-state index in [1.807, 2.05) is 18.2 Å². The fraction of sp³-hybridized carbons (Fsp3) is 0.375. The number of hydrogen-bond acceptors (Lipinski definition) is 5. The third kappa shape index (κ3) is 2.91. The van der Waals surface area contributed by atoms with Crippen molar-refractivity contribution in [2.24, 2.45) is 0 Å². The van der Waals surface area contributed by atoms with Crippen LogP contribution in [0.5, 0.6) is 0 Å². The Balaban J connectivity index is 1.69. The van der Waals surface area contributed by atoms with Crippen molar-refractivity contribution in [3.63, 3.8) is 0 Å². The van der Waals surface area contributed by atoms with E-state index in [4.69, 9.17) is 4.42 Å². The Morgan fingerprint density at radius 1 is 1.35 bits per heavy atom. The molecular weight excluding hydrogens is 360 g/mol. The Kier molecular flexibility index (Phi) is 3.92. The van der Waals surface area contributed by atoms with Crippen molar-refractivity contribution in [3.05, 3.63) is 38.9 Å². The summed E-state index contributed by atoms with van der Waals surface area (Å²) in [4.78, 5) is 19.7. The van der Waals surface area contributed by atoms with Crippen molar-refractivity contribution in [3.8, 4) is 0 Å². The Labute approximate surface area is 140 Å². The largest absolute Gasteiger partial charge is 0.449 e. The first kappa shape index (κ1) is 14.9. The number of aromatic amines is 1. The molecule has 0 bridgehead atoms. The molecule has 0 aliphatic carbocycles. The molecule has 2 aromatic heterocycles. The molecule has 1 aliphatic heterocycles. The zero-order valence-electron chi connectivity index (χ0n) is 12.5. The highest BCUT2D eigenvalue weighted by Gasteiger charge is 2.15. The van der Waals surface area contributed by atoms with Gasteiger partial charge in [0.2, 0.25) is 5.58 Å². The molecule has 0 atom stereocenters. The van der Waals surface area contributed by atoms with Gasteiger partial charge in [-0.3, -0.25) is 4.79 Å². The summed E-state index contributed by atoms with van der Waals surface area (Å²) >= 11 is 3.45. The monoisotopic (exact) mass is 376 g/mol. The van der Waals surface area contributed by atoms with E-state index in [-0.39, 0.29) is 11.1 Å². The van der Waals surface area contributed by atoms with Crippen molar-refractivity contribution in [1.29, 1.82) is 0 Å². The lowest BCUT2D eigenvalue weighted by Gasteiger charge is -2.23. The lowest BCUT2D eigenvalue weighted by molar-refractivity contribution is 0.383. The standard InChI is InChI=1S/C16H17BrN4O2/c17-9-1-2-12-11(7-9)14-15(23-12)16(22)21-13(20-14)8-19-10-3-5-18-6-4-10/h1-2,7,10,18-19H,3-6,8H2,(H,20,21,22). The Morgan fingerprint density at radius 2 is 2.17 bits per heavy atom. The van der Waals surface area contributed by atoms with Crippen LogP contribution in [0.2, 0.25) is 0 Å². The van der Waals surface area contributed by atoms with E-state index in [0.29, 0.717) is 29.5 Å². The first-order valence-corrected chi connectivity index (χ1v) is 8.55. The minimum absolute atomic E-state index is 0.232. The van der Waals surface area contributed by atoms with E-state index < -0.39 is 0 Å². The smallest absolute Gasteiger partial charge is 0.294 e. The van der Waals surface area contributed by atoms with Crippen LogP contribution in [0.1, 0.15) is 18.7 Å². The summed E-state index contributed by atoms with van der Waals surface area (Å²) in [6, 6.07) is 6.12. The van der Waals surface area contributed by atoms with Crippen molar-refractivity contribution < 1.29 is 4.42 Å². The van der Waals surface area contributed by atoms with Crippen LogP contribution in [0.15, 0.2) is 31.9 Å². The Morgan fingerprint density at radius 3 is 3.00 bits per heavy atom. The van der Waals surface area contributed by atoms with Gasteiger partial charge in [-0.1, -0.05) is 15.9 Å². The normalized spacial score (nSPS) is 16.4. The number of nitrogens with one attached hydrogen (secondary N) is 3. The maximum atomic E-state index is 12.3. The van der Waals surface area contributed by atoms with Gasteiger partial charge < -0.3 is 20.0 Å². The molecule has 3 aromatic rings. The number of nitrogens with zero attached hydrogens (tertiary/aromatic N) is 1. The third-order valence-corrected chi connectivity index (χ3v) is 4.73. The fourth-order valence-corrected chi connectivity index (χ4v) is 3.38. The Hall–Kier alpha value is -1.70. The van der Waals surface area contributed by atoms with Gasteiger partial charge in [0.05, 0.1) is 6.54 Å². The zero-order chi connectivity index (χ0) is 15.8. The number of hydrogen-bond donors (Lipinski definition) is 3. The van der Waals surface area contributed by atoms with Gasteiger partial charge in [-0.25, -0.2) is 4.98 Å². The van der Waals surface area contributed by atoms with Crippen molar-refractivity contribution in [1.82, 2.24) is 20.6 Å². The quantitative estimate of drug-likeness (QED) is 0.652. The molecule has 120 valence electrons. The molecule has 6 nitrogen and oxygen atoms in total. The molecule has 0 unspecified atom stereocenters.